The molecule has 0 bridgehead atoms. The lowest BCUT2D eigenvalue weighted by molar-refractivity contribution is 0.346. The second kappa shape index (κ2) is 2.00. The topological polar surface area (TPSA) is 0 Å². The molecule has 0 saturated heterocycles. The average Bonchev–Trinajstić information content (AvgIpc) is 2.13. The first-order valence-electron chi connectivity index (χ1n) is 3.99. The van der Waals surface area contributed by atoms with E-state index in [9.17, 15) is 0 Å². The summed E-state index contributed by atoms with van der Waals surface area (Å²) in [5, 5.41) is 0. The highest BCUT2D eigenvalue weighted by Gasteiger charge is 2.35. The minimum absolute atomic E-state index is 0.565. The third-order valence-electron chi connectivity index (χ3n) is 2.15. The van der Waals surface area contributed by atoms with Crippen molar-refractivity contribution < 1.29 is 0 Å². The molecule has 9 heavy (non-hydrogen) atoms. The summed E-state index contributed by atoms with van der Waals surface area (Å²) in [6.45, 7) is 9.35. The standard InChI is InChI=1S/C9H18/c1-7-5-8(7)6-9(2,3)4/h7-8H,5-6H2,1-4H3. The van der Waals surface area contributed by atoms with Crippen LogP contribution in [-0.2, 0) is 0 Å². The van der Waals surface area contributed by atoms with Crippen LogP contribution in [0.1, 0.15) is 40.5 Å². The lowest BCUT2D eigenvalue weighted by Crippen LogP contribution is -2.05. The van der Waals surface area contributed by atoms with Crippen molar-refractivity contribution in [1.29, 1.82) is 0 Å². The van der Waals surface area contributed by atoms with E-state index < -0.39 is 0 Å². The van der Waals surface area contributed by atoms with Crippen LogP contribution in [0.25, 0.3) is 0 Å². The van der Waals surface area contributed by atoms with Crippen LogP contribution in [0.4, 0.5) is 0 Å². The van der Waals surface area contributed by atoms with Gasteiger partial charge in [0.25, 0.3) is 0 Å². The minimum atomic E-state index is 0.565. The molecule has 0 aliphatic heterocycles. The molecule has 0 spiro atoms. The molecule has 0 aromatic rings. The van der Waals surface area contributed by atoms with Gasteiger partial charge in [-0.05, 0) is 30.1 Å². The summed E-state index contributed by atoms with van der Waals surface area (Å²) in [6, 6.07) is 0. The third-order valence-corrected chi connectivity index (χ3v) is 2.15. The predicted octanol–water partition coefficient (Wildman–Crippen LogP) is 3.08. The van der Waals surface area contributed by atoms with Gasteiger partial charge in [-0.1, -0.05) is 27.7 Å². The van der Waals surface area contributed by atoms with Crippen molar-refractivity contribution in [2.45, 2.75) is 40.5 Å². The second-order valence-corrected chi connectivity index (χ2v) is 4.74. The Hall–Kier alpha value is 0. The summed E-state index contributed by atoms with van der Waals surface area (Å²) < 4.78 is 0. The van der Waals surface area contributed by atoms with E-state index in [1.54, 1.807) is 0 Å². The van der Waals surface area contributed by atoms with Crippen molar-refractivity contribution in [3.05, 3.63) is 0 Å². The fourth-order valence-corrected chi connectivity index (χ4v) is 1.47. The van der Waals surface area contributed by atoms with Crippen molar-refractivity contribution in [1.82, 2.24) is 0 Å². The Morgan fingerprint density at radius 1 is 1.33 bits per heavy atom. The van der Waals surface area contributed by atoms with Crippen LogP contribution in [0.2, 0.25) is 0 Å². The zero-order chi connectivity index (χ0) is 7.07. The summed E-state index contributed by atoms with van der Waals surface area (Å²) >= 11 is 0. The molecule has 1 aliphatic rings. The Bertz CT molecular complexity index is 97.1. The number of hydrogen-bond acceptors (Lipinski definition) is 0. The molecule has 1 aliphatic carbocycles. The quantitative estimate of drug-likeness (QED) is 0.506. The minimum Gasteiger partial charge on any atom is -0.0622 e. The molecule has 0 aromatic heterocycles. The van der Waals surface area contributed by atoms with E-state index in [0.717, 1.165) is 11.8 Å². The fraction of sp³-hybridized carbons (Fsp3) is 1.00. The Morgan fingerprint density at radius 2 is 1.78 bits per heavy atom. The van der Waals surface area contributed by atoms with Crippen molar-refractivity contribution in [3.63, 3.8) is 0 Å². The highest BCUT2D eigenvalue weighted by Crippen LogP contribution is 2.45. The Balaban J connectivity index is 2.19. The first-order valence-corrected chi connectivity index (χ1v) is 3.99. The van der Waals surface area contributed by atoms with Gasteiger partial charge in [0.15, 0.2) is 0 Å². The molecule has 0 heterocycles. The lowest BCUT2D eigenvalue weighted by atomic mass is 9.89. The van der Waals surface area contributed by atoms with Crippen LogP contribution in [0, 0.1) is 17.3 Å². The van der Waals surface area contributed by atoms with Gasteiger partial charge in [0.1, 0.15) is 0 Å². The molecule has 2 atom stereocenters. The number of hydrogen-bond donors (Lipinski definition) is 0. The molecule has 0 aromatic carbocycles. The van der Waals surface area contributed by atoms with Gasteiger partial charge >= 0.3 is 0 Å². The van der Waals surface area contributed by atoms with Gasteiger partial charge in [0.2, 0.25) is 0 Å². The summed E-state index contributed by atoms with van der Waals surface area (Å²) in [6.07, 6.45) is 2.91. The van der Waals surface area contributed by atoms with E-state index in [-0.39, 0.29) is 0 Å². The van der Waals surface area contributed by atoms with Crippen LogP contribution in [-0.4, -0.2) is 0 Å². The second-order valence-electron chi connectivity index (χ2n) is 4.74. The zero-order valence-corrected chi connectivity index (χ0v) is 7.07. The first kappa shape index (κ1) is 7.11. The summed E-state index contributed by atoms with van der Waals surface area (Å²) in [4.78, 5) is 0. The Morgan fingerprint density at radius 3 is 1.89 bits per heavy atom. The van der Waals surface area contributed by atoms with Gasteiger partial charge in [-0.15, -0.1) is 0 Å². The maximum atomic E-state index is 2.36. The molecule has 0 radical (unpaired) electrons. The Kier molecular flexibility index (Phi) is 1.58. The molecule has 0 N–H and O–H groups in total. The zero-order valence-electron chi connectivity index (χ0n) is 7.07. The van der Waals surface area contributed by atoms with Crippen molar-refractivity contribution in [2.75, 3.05) is 0 Å². The molecule has 1 fully saturated rings. The van der Waals surface area contributed by atoms with Gasteiger partial charge in [0.05, 0.1) is 0 Å². The van der Waals surface area contributed by atoms with Crippen LogP contribution >= 0.6 is 0 Å². The van der Waals surface area contributed by atoms with Crippen molar-refractivity contribution >= 4 is 0 Å². The molecular weight excluding hydrogens is 108 g/mol. The van der Waals surface area contributed by atoms with Gasteiger partial charge in [-0.2, -0.15) is 0 Å². The van der Waals surface area contributed by atoms with Crippen LogP contribution < -0.4 is 0 Å². The average molecular weight is 126 g/mol. The summed E-state index contributed by atoms with van der Waals surface area (Å²) in [5.41, 5.74) is 0.565. The fourth-order valence-electron chi connectivity index (χ4n) is 1.47. The Labute approximate surface area is 58.7 Å². The van der Waals surface area contributed by atoms with E-state index >= 15 is 0 Å². The maximum Gasteiger partial charge on any atom is -0.0380 e. The van der Waals surface area contributed by atoms with Crippen LogP contribution in [0.5, 0.6) is 0 Å². The van der Waals surface area contributed by atoms with Crippen molar-refractivity contribution in [2.24, 2.45) is 17.3 Å². The molecule has 54 valence electrons. The highest BCUT2D eigenvalue weighted by molar-refractivity contribution is 4.85. The normalized spacial score (nSPS) is 34.7. The largest absolute Gasteiger partial charge is 0.0622 e. The maximum absolute atomic E-state index is 2.36. The molecule has 0 nitrogen and oxygen atoms in total. The van der Waals surface area contributed by atoms with E-state index in [4.69, 9.17) is 0 Å². The van der Waals surface area contributed by atoms with E-state index in [2.05, 4.69) is 27.7 Å². The van der Waals surface area contributed by atoms with E-state index in [1.807, 2.05) is 0 Å². The van der Waals surface area contributed by atoms with Gasteiger partial charge in [-0.25, -0.2) is 0 Å². The predicted molar refractivity (Wildman–Crippen MR) is 41.3 cm³/mol. The van der Waals surface area contributed by atoms with Gasteiger partial charge in [0, 0.05) is 0 Å². The molecular formula is C9H18. The molecule has 2 unspecified atom stereocenters. The SMILES string of the molecule is CC1CC1CC(C)(C)C. The molecule has 1 rings (SSSR count). The van der Waals surface area contributed by atoms with Crippen LogP contribution in [0.3, 0.4) is 0 Å². The smallest absolute Gasteiger partial charge is 0.0380 e. The van der Waals surface area contributed by atoms with Gasteiger partial charge < -0.3 is 0 Å². The number of rotatable bonds is 1. The third kappa shape index (κ3) is 2.38. The van der Waals surface area contributed by atoms with E-state index in [0.29, 0.717) is 5.41 Å². The van der Waals surface area contributed by atoms with Crippen molar-refractivity contribution in [3.8, 4) is 0 Å². The molecule has 0 heteroatoms. The lowest BCUT2D eigenvalue weighted by Gasteiger charge is -2.17. The summed E-state index contributed by atoms with van der Waals surface area (Å²) in [7, 11) is 0. The highest BCUT2D eigenvalue weighted by atomic mass is 14.4. The van der Waals surface area contributed by atoms with Crippen LogP contribution in [0.15, 0.2) is 0 Å². The molecule has 1 saturated carbocycles. The van der Waals surface area contributed by atoms with Gasteiger partial charge in [-0.3, -0.25) is 0 Å². The summed E-state index contributed by atoms with van der Waals surface area (Å²) in [5.74, 6) is 2.09. The monoisotopic (exact) mass is 126 g/mol. The molecule has 0 amide bonds. The van der Waals surface area contributed by atoms with E-state index in [1.165, 1.54) is 12.8 Å². The first-order chi connectivity index (χ1) is 3.99.